The minimum Gasteiger partial charge on any atom is -0.398 e. The largest absolute Gasteiger partial charge is 0.398 e. The van der Waals surface area contributed by atoms with Gasteiger partial charge in [-0.1, -0.05) is 13.0 Å². The minimum absolute atomic E-state index is 0.862. The Hall–Kier alpha value is -1.49. The Morgan fingerprint density at radius 2 is 2.19 bits per heavy atom. The van der Waals surface area contributed by atoms with Crippen molar-refractivity contribution in [3.8, 4) is 0 Å². The van der Waals surface area contributed by atoms with E-state index in [2.05, 4.69) is 38.9 Å². The van der Waals surface area contributed by atoms with Crippen LogP contribution in [0.4, 0.5) is 11.4 Å². The number of anilines is 2. The molecule has 1 aliphatic rings. The summed E-state index contributed by atoms with van der Waals surface area (Å²) in [4.78, 5) is 2.41. The Morgan fingerprint density at radius 3 is 2.90 bits per heavy atom. The van der Waals surface area contributed by atoms with Gasteiger partial charge >= 0.3 is 0 Å². The van der Waals surface area contributed by atoms with Crippen molar-refractivity contribution in [2.75, 3.05) is 17.2 Å². The van der Waals surface area contributed by atoms with Crippen LogP contribution in [0, 0.1) is 0 Å². The van der Waals surface area contributed by atoms with Crippen LogP contribution < -0.4 is 10.6 Å². The molecule has 112 valence electrons. The number of benzene rings is 1. The van der Waals surface area contributed by atoms with E-state index in [-0.39, 0.29) is 0 Å². The van der Waals surface area contributed by atoms with Gasteiger partial charge in [-0.25, -0.2) is 0 Å². The molecule has 0 fully saturated rings. The third-order valence-corrected chi connectivity index (χ3v) is 5.14. The van der Waals surface area contributed by atoms with E-state index in [0.29, 0.717) is 0 Å². The first-order valence-electron chi connectivity index (χ1n) is 7.44. The molecule has 1 aromatic heterocycles. The summed E-state index contributed by atoms with van der Waals surface area (Å²) < 4.78 is 3.13. The van der Waals surface area contributed by atoms with Gasteiger partial charge in [0.25, 0.3) is 0 Å². The number of nitrogens with zero attached hydrogens (tertiary/aromatic N) is 3. The molecule has 4 nitrogen and oxygen atoms in total. The zero-order valence-corrected chi connectivity index (χ0v) is 14.2. The van der Waals surface area contributed by atoms with Crippen LogP contribution in [0.5, 0.6) is 0 Å². The molecule has 1 aliphatic heterocycles. The van der Waals surface area contributed by atoms with Gasteiger partial charge in [-0.3, -0.25) is 4.68 Å². The number of nitrogens with two attached hydrogens (primary N) is 1. The SMILES string of the molecule is CCc1nn(C)c(CN2CCCc3c(N)cccc32)c1Br. The van der Waals surface area contributed by atoms with Crippen molar-refractivity contribution < 1.29 is 0 Å². The van der Waals surface area contributed by atoms with Crippen molar-refractivity contribution in [3.63, 3.8) is 0 Å². The third-order valence-electron chi connectivity index (χ3n) is 4.23. The first kappa shape index (κ1) is 14.4. The monoisotopic (exact) mass is 348 g/mol. The highest BCUT2D eigenvalue weighted by atomic mass is 79.9. The number of rotatable bonds is 3. The summed E-state index contributed by atoms with van der Waals surface area (Å²) in [6.07, 6.45) is 3.17. The average Bonchev–Trinajstić information content (AvgIpc) is 2.76. The standard InChI is InChI=1S/C16H21BrN4/c1-3-13-16(17)15(20(2)19-13)10-21-9-5-6-11-12(18)7-4-8-14(11)21/h4,7-8H,3,5-6,9-10,18H2,1-2H3. The molecular weight excluding hydrogens is 328 g/mol. The van der Waals surface area contributed by atoms with Crippen molar-refractivity contribution in [2.24, 2.45) is 7.05 Å². The van der Waals surface area contributed by atoms with Crippen molar-refractivity contribution in [3.05, 3.63) is 39.6 Å². The molecule has 0 unspecified atom stereocenters. The highest BCUT2D eigenvalue weighted by Gasteiger charge is 2.21. The van der Waals surface area contributed by atoms with Crippen LogP contribution >= 0.6 is 15.9 Å². The Bertz CT molecular complexity index is 663. The van der Waals surface area contributed by atoms with Crippen LogP contribution in [0.3, 0.4) is 0 Å². The molecule has 0 atom stereocenters. The molecule has 1 aromatic carbocycles. The summed E-state index contributed by atoms with van der Waals surface area (Å²) in [5.41, 5.74) is 11.9. The number of nitrogen functional groups attached to an aromatic ring is 1. The lowest BCUT2D eigenvalue weighted by molar-refractivity contribution is 0.641. The van der Waals surface area contributed by atoms with Crippen LogP contribution in [-0.2, 0) is 26.4 Å². The van der Waals surface area contributed by atoms with Crippen LogP contribution in [0.1, 0.15) is 30.3 Å². The topological polar surface area (TPSA) is 47.1 Å². The Balaban J connectivity index is 1.94. The minimum atomic E-state index is 0.862. The zero-order chi connectivity index (χ0) is 15.0. The van der Waals surface area contributed by atoms with Crippen molar-refractivity contribution >= 4 is 27.3 Å². The van der Waals surface area contributed by atoms with E-state index in [1.54, 1.807) is 0 Å². The van der Waals surface area contributed by atoms with Crippen LogP contribution in [0.2, 0.25) is 0 Å². The fourth-order valence-corrected chi connectivity index (χ4v) is 3.81. The maximum atomic E-state index is 6.13. The molecule has 0 amide bonds. The van der Waals surface area contributed by atoms with E-state index in [0.717, 1.165) is 48.2 Å². The van der Waals surface area contributed by atoms with E-state index in [9.17, 15) is 0 Å². The molecule has 2 aromatic rings. The Kier molecular flexibility index (Phi) is 3.93. The number of halogens is 1. The molecule has 0 aliphatic carbocycles. The fourth-order valence-electron chi connectivity index (χ4n) is 3.06. The molecule has 0 saturated heterocycles. The van der Waals surface area contributed by atoms with Gasteiger partial charge in [-0.2, -0.15) is 5.10 Å². The molecule has 0 saturated carbocycles. The zero-order valence-electron chi connectivity index (χ0n) is 12.6. The van der Waals surface area contributed by atoms with E-state index in [4.69, 9.17) is 5.73 Å². The predicted molar refractivity (Wildman–Crippen MR) is 90.5 cm³/mol. The van der Waals surface area contributed by atoms with Crippen molar-refractivity contribution in [2.45, 2.75) is 32.7 Å². The number of hydrogen-bond acceptors (Lipinski definition) is 3. The lowest BCUT2D eigenvalue weighted by atomic mass is 10.00. The maximum Gasteiger partial charge on any atom is 0.0767 e. The van der Waals surface area contributed by atoms with Gasteiger partial charge in [0, 0.05) is 25.0 Å². The van der Waals surface area contributed by atoms with Crippen molar-refractivity contribution in [1.29, 1.82) is 0 Å². The summed E-state index contributed by atoms with van der Waals surface area (Å²) in [5.74, 6) is 0. The number of aryl methyl sites for hydroxylation is 2. The van der Waals surface area contributed by atoms with E-state index < -0.39 is 0 Å². The second-order valence-electron chi connectivity index (χ2n) is 5.55. The van der Waals surface area contributed by atoms with Gasteiger partial charge in [0.1, 0.15) is 0 Å². The fraction of sp³-hybridized carbons (Fsp3) is 0.438. The van der Waals surface area contributed by atoms with E-state index >= 15 is 0 Å². The lowest BCUT2D eigenvalue weighted by Crippen LogP contribution is -2.30. The van der Waals surface area contributed by atoms with E-state index in [1.165, 1.54) is 16.9 Å². The van der Waals surface area contributed by atoms with Gasteiger partial charge < -0.3 is 10.6 Å². The predicted octanol–water partition coefficient (Wildman–Crippen LogP) is 3.28. The number of hydrogen-bond donors (Lipinski definition) is 1. The van der Waals surface area contributed by atoms with Gasteiger partial charge in [-0.05, 0) is 52.9 Å². The lowest BCUT2D eigenvalue weighted by Gasteiger charge is -2.32. The first-order valence-corrected chi connectivity index (χ1v) is 8.23. The smallest absolute Gasteiger partial charge is 0.0767 e. The second-order valence-corrected chi connectivity index (χ2v) is 6.35. The summed E-state index contributed by atoms with van der Waals surface area (Å²) in [5, 5.41) is 4.59. The van der Waals surface area contributed by atoms with Crippen LogP contribution in [0.25, 0.3) is 0 Å². The molecule has 5 heteroatoms. The molecule has 2 heterocycles. The van der Waals surface area contributed by atoms with Gasteiger partial charge in [0.2, 0.25) is 0 Å². The quantitative estimate of drug-likeness (QED) is 0.865. The molecule has 0 bridgehead atoms. The van der Waals surface area contributed by atoms with Gasteiger partial charge in [-0.15, -0.1) is 0 Å². The Morgan fingerprint density at radius 1 is 1.38 bits per heavy atom. The Labute approximate surface area is 134 Å². The summed E-state index contributed by atoms with van der Waals surface area (Å²) in [6.45, 7) is 4.06. The number of aromatic nitrogens is 2. The highest BCUT2D eigenvalue weighted by Crippen LogP contribution is 2.33. The third kappa shape index (κ3) is 2.55. The molecule has 2 N–H and O–H groups in total. The van der Waals surface area contributed by atoms with Crippen molar-refractivity contribution in [1.82, 2.24) is 9.78 Å². The molecule has 21 heavy (non-hydrogen) atoms. The average molecular weight is 349 g/mol. The molecule has 0 spiro atoms. The molecule has 3 rings (SSSR count). The maximum absolute atomic E-state index is 6.13. The summed E-state index contributed by atoms with van der Waals surface area (Å²) in [7, 11) is 2.02. The summed E-state index contributed by atoms with van der Waals surface area (Å²) in [6, 6.07) is 6.22. The van der Waals surface area contributed by atoms with E-state index in [1.807, 2.05) is 23.9 Å². The first-order chi connectivity index (χ1) is 10.1. The molecule has 0 radical (unpaired) electrons. The van der Waals surface area contributed by atoms with Gasteiger partial charge in [0.15, 0.2) is 0 Å². The highest BCUT2D eigenvalue weighted by molar-refractivity contribution is 9.10. The van der Waals surface area contributed by atoms with Crippen LogP contribution in [0.15, 0.2) is 22.7 Å². The second kappa shape index (κ2) is 5.72. The summed E-state index contributed by atoms with van der Waals surface area (Å²) >= 11 is 3.71. The van der Waals surface area contributed by atoms with Gasteiger partial charge in [0.05, 0.1) is 22.4 Å². The van der Waals surface area contributed by atoms with Crippen LogP contribution in [-0.4, -0.2) is 16.3 Å². The number of fused-ring (bicyclic) bond motifs is 1. The molecular formula is C16H21BrN4. The normalized spacial score (nSPS) is 14.3.